The van der Waals surface area contributed by atoms with Crippen LogP contribution in [0.1, 0.15) is 67.7 Å². The Bertz CT molecular complexity index is 1530. The van der Waals surface area contributed by atoms with Gasteiger partial charge in [0.15, 0.2) is 0 Å². The molecule has 0 bridgehead atoms. The lowest BCUT2D eigenvalue weighted by Gasteiger charge is -2.35. The van der Waals surface area contributed by atoms with Crippen molar-refractivity contribution < 1.29 is 9.53 Å². The summed E-state index contributed by atoms with van der Waals surface area (Å²) in [7, 11) is 2.00. The van der Waals surface area contributed by atoms with Crippen molar-refractivity contribution in [3.63, 3.8) is 0 Å². The molecule has 4 heterocycles. The van der Waals surface area contributed by atoms with Gasteiger partial charge in [0.1, 0.15) is 5.69 Å². The molecule has 0 atom stereocenters. The van der Waals surface area contributed by atoms with Gasteiger partial charge in [0.25, 0.3) is 5.91 Å². The molecule has 1 aromatic carbocycles. The van der Waals surface area contributed by atoms with Crippen LogP contribution in [0.2, 0.25) is 0 Å². The molecule has 2 aromatic heterocycles. The van der Waals surface area contributed by atoms with Crippen LogP contribution in [0, 0.1) is 11.3 Å². The molecule has 5 rings (SSSR count). The van der Waals surface area contributed by atoms with Gasteiger partial charge < -0.3 is 14.2 Å². The summed E-state index contributed by atoms with van der Waals surface area (Å²) in [4.78, 5) is 29.3. The molecule has 0 saturated carbocycles. The molecule has 0 unspecified atom stereocenters. The minimum atomic E-state index is 0.104. The van der Waals surface area contributed by atoms with E-state index in [9.17, 15) is 4.79 Å². The lowest BCUT2D eigenvalue weighted by atomic mass is 9.89. The van der Waals surface area contributed by atoms with Crippen LogP contribution in [-0.4, -0.2) is 87.6 Å². The molecule has 2 saturated heterocycles. The van der Waals surface area contributed by atoms with Gasteiger partial charge >= 0.3 is 0 Å². The average Bonchev–Trinajstić information content (AvgIpc) is 3.38. The summed E-state index contributed by atoms with van der Waals surface area (Å²) < 4.78 is 7.46. The number of amides is 1. The number of nitriles is 1. The lowest BCUT2D eigenvalue weighted by molar-refractivity contribution is 0.0639. The first-order valence-electron chi connectivity index (χ1n) is 15.9. The monoisotopic (exact) mass is 595 g/mol. The Balaban J connectivity index is 1.15. The highest BCUT2D eigenvalue weighted by atomic mass is 16.5. The van der Waals surface area contributed by atoms with Crippen molar-refractivity contribution >= 4 is 16.8 Å². The number of fused-ring (bicyclic) bond motifs is 1. The zero-order chi connectivity index (χ0) is 31.1. The van der Waals surface area contributed by atoms with Crippen LogP contribution in [0.5, 0.6) is 5.88 Å². The fourth-order valence-corrected chi connectivity index (χ4v) is 6.28. The molecular formula is C35H45N7O2. The molecule has 0 aliphatic carbocycles. The smallest absolute Gasteiger partial charge is 0.270 e. The van der Waals surface area contributed by atoms with Crippen LogP contribution in [0.25, 0.3) is 10.9 Å². The predicted octanol–water partition coefficient (Wildman–Crippen LogP) is 5.31. The number of nitrogens with zero attached hydrogens (tertiary/aromatic N) is 7. The molecule has 2 aliphatic heterocycles. The summed E-state index contributed by atoms with van der Waals surface area (Å²) in [5, 5.41) is 10.3. The largest absolute Gasteiger partial charge is 0.477 e. The Hall–Kier alpha value is -4.00. The second-order valence-corrected chi connectivity index (χ2v) is 12.0. The van der Waals surface area contributed by atoms with Crippen molar-refractivity contribution in [1.29, 1.82) is 5.26 Å². The van der Waals surface area contributed by atoms with Crippen LogP contribution in [0.4, 0.5) is 0 Å². The molecule has 2 fully saturated rings. The Morgan fingerprint density at radius 1 is 1.02 bits per heavy atom. The highest BCUT2D eigenvalue weighted by Gasteiger charge is 2.26. The number of piperidine rings is 1. The van der Waals surface area contributed by atoms with Crippen molar-refractivity contribution in [2.24, 2.45) is 7.05 Å². The molecule has 0 spiro atoms. The minimum Gasteiger partial charge on any atom is -0.477 e. The quantitative estimate of drug-likeness (QED) is 0.232. The van der Waals surface area contributed by atoms with Gasteiger partial charge in [0, 0.05) is 62.8 Å². The highest BCUT2D eigenvalue weighted by Crippen LogP contribution is 2.32. The number of benzene rings is 1. The van der Waals surface area contributed by atoms with E-state index >= 15 is 0 Å². The van der Waals surface area contributed by atoms with E-state index in [2.05, 4.69) is 57.0 Å². The number of hydrogen-bond donors (Lipinski definition) is 0. The summed E-state index contributed by atoms with van der Waals surface area (Å²) >= 11 is 0. The van der Waals surface area contributed by atoms with E-state index in [0.29, 0.717) is 31.5 Å². The molecular weight excluding hydrogens is 550 g/mol. The van der Waals surface area contributed by atoms with E-state index in [1.807, 2.05) is 48.7 Å². The number of piperazine rings is 1. The zero-order valence-corrected chi connectivity index (χ0v) is 26.6. The van der Waals surface area contributed by atoms with Crippen LogP contribution >= 0.6 is 0 Å². The SMILES string of the molecule is CCOc1cnc(CN2CCC(c3ccc4c(c3)cc(C(=O)N3CCN(C/C(C)=C/C=C(/C#N)CC)CC3)n4C)CC2)cn1. The third-order valence-corrected chi connectivity index (χ3v) is 8.93. The standard InChI is InChI=1S/C35H45N7O2/c1-5-27(21-36)8-7-26(3)24-41-15-17-42(18-16-41)35(43)33-20-30-19-29(9-10-32(30)39(33)4)28-11-13-40(14-12-28)25-31-22-38-34(23-37-31)44-6-2/h7-10,19-20,22-23,28H,5-6,11-18,24-25H2,1-4H3/b26-7+,27-8+. The van der Waals surface area contributed by atoms with Crippen molar-refractivity contribution in [2.75, 3.05) is 52.4 Å². The number of allylic oxidation sites excluding steroid dienone is 3. The second kappa shape index (κ2) is 14.7. The molecule has 44 heavy (non-hydrogen) atoms. The third kappa shape index (κ3) is 7.55. The first kappa shape index (κ1) is 31.4. The van der Waals surface area contributed by atoms with E-state index in [-0.39, 0.29) is 5.91 Å². The fraction of sp³-hybridized carbons (Fsp3) is 0.486. The maximum atomic E-state index is 13.6. The number of aromatic nitrogens is 3. The topological polar surface area (TPSA) is 90.5 Å². The van der Waals surface area contributed by atoms with Gasteiger partial charge in [-0.05, 0) is 82.0 Å². The van der Waals surface area contributed by atoms with Gasteiger partial charge in [-0.2, -0.15) is 5.26 Å². The normalized spacial score (nSPS) is 17.7. The van der Waals surface area contributed by atoms with E-state index in [1.54, 1.807) is 6.20 Å². The molecule has 232 valence electrons. The van der Waals surface area contributed by atoms with E-state index in [4.69, 9.17) is 10.00 Å². The van der Waals surface area contributed by atoms with Gasteiger partial charge in [-0.15, -0.1) is 0 Å². The maximum absolute atomic E-state index is 13.6. The molecule has 0 N–H and O–H groups in total. The van der Waals surface area contributed by atoms with Gasteiger partial charge in [-0.3, -0.25) is 19.6 Å². The second-order valence-electron chi connectivity index (χ2n) is 12.0. The van der Waals surface area contributed by atoms with E-state index in [1.165, 1.54) is 11.1 Å². The number of ether oxygens (including phenoxy) is 1. The summed E-state index contributed by atoms with van der Waals surface area (Å²) in [6.07, 6.45) is 10.4. The molecule has 1 amide bonds. The van der Waals surface area contributed by atoms with Gasteiger partial charge in [-0.1, -0.05) is 24.6 Å². The van der Waals surface area contributed by atoms with E-state index in [0.717, 1.165) is 86.4 Å². The van der Waals surface area contributed by atoms with Gasteiger partial charge in [0.2, 0.25) is 5.88 Å². The lowest BCUT2D eigenvalue weighted by Crippen LogP contribution is -2.49. The van der Waals surface area contributed by atoms with E-state index < -0.39 is 0 Å². The Morgan fingerprint density at radius 3 is 2.45 bits per heavy atom. The van der Waals surface area contributed by atoms with Crippen LogP contribution < -0.4 is 4.74 Å². The predicted molar refractivity (Wildman–Crippen MR) is 173 cm³/mol. The maximum Gasteiger partial charge on any atom is 0.270 e. The summed E-state index contributed by atoms with van der Waals surface area (Å²) in [5.74, 6) is 1.19. The summed E-state index contributed by atoms with van der Waals surface area (Å²) in [5.41, 5.74) is 6.19. The summed E-state index contributed by atoms with van der Waals surface area (Å²) in [6.45, 7) is 13.5. The fourth-order valence-electron chi connectivity index (χ4n) is 6.28. The Morgan fingerprint density at radius 2 is 1.80 bits per heavy atom. The van der Waals surface area contributed by atoms with Crippen molar-refractivity contribution in [3.05, 3.63) is 76.9 Å². The number of carbonyl (C=O) groups is 1. The molecule has 2 aliphatic rings. The average molecular weight is 596 g/mol. The van der Waals surface area contributed by atoms with Crippen LogP contribution in [-0.2, 0) is 13.6 Å². The Kier molecular flexibility index (Phi) is 10.5. The first-order chi connectivity index (χ1) is 21.4. The van der Waals surface area contributed by atoms with Crippen molar-refractivity contribution in [3.8, 4) is 11.9 Å². The molecule has 3 aromatic rings. The van der Waals surface area contributed by atoms with Gasteiger partial charge in [-0.25, -0.2) is 4.98 Å². The van der Waals surface area contributed by atoms with Crippen molar-refractivity contribution in [1.82, 2.24) is 29.2 Å². The minimum absolute atomic E-state index is 0.104. The molecule has 9 nitrogen and oxygen atoms in total. The molecule has 9 heteroatoms. The van der Waals surface area contributed by atoms with Crippen LogP contribution in [0.15, 0.2) is 60.0 Å². The molecule has 0 radical (unpaired) electrons. The van der Waals surface area contributed by atoms with Gasteiger partial charge in [0.05, 0.1) is 30.8 Å². The summed E-state index contributed by atoms with van der Waals surface area (Å²) in [6, 6.07) is 11.0. The highest BCUT2D eigenvalue weighted by molar-refractivity contribution is 5.99. The third-order valence-electron chi connectivity index (χ3n) is 8.93. The first-order valence-corrected chi connectivity index (χ1v) is 15.9. The number of carbonyl (C=O) groups excluding carboxylic acids is 1. The number of aryl methyl sites for hydroxylation is 1. The Labute approximate surface area is 261 Å². The number of rotatable bonds is 10. The zero-order valence-electron chi connectivity index (χ0n) is 26.6. The van der Waals surface area contributed by atoms with Crippen LogP contribution in [0.3, 0.4) is 0 Å². The number of likely N-dealkylation sites (tertiary alicyclic amines) is 1. The van der Waals surface area contributed by atoms with Crippen molar-refractivity contribution in [2.45, 2.75) is 52.5 Å². The number of hydrogen-bond acceptors (Lipinski definition) is 7.